The van der Waals surface area contributed by atoms with Gasteiger partial charge in [-0.2, -0.15) is 0 Å². The van der Waals surface area contributed by atoms with E-state index in [4.69, 9.17) is 0 Å². The van der Waals surface area contributed by atoms with Crippen LogP contribution in [0.2, 0.25) is 0 Å². The Hall–Kier alpha value is -0.870. The third kappa shape index (κ3) is 2.11. The van der Waals surface area contributed by atoms with Crippen molar-refractivity contribution in [3.8, 4) is 0 Å². The van der Waals surface area contributed by atoms with E-state index in [2.05, 4.69) is 4.72 Å². The second kappa shape index (κ2) is 4.10. The average Bonchev–Trinajstić information content (AvgIpc) is 2.91. The first kappa shape index (κ1) is 11.2. The number of benzene rings is 1. The van der Waals surface area contributed by atoms with Crippen molar-refractivity contribution in [2.45, 2.75) is 36.6 Å². The molecule has 3 nitrogen and oxygen atoms in total. The lowest BCUT2D eigenvalue weighted by Crippen LogP contribution is -2.38. The molecule has 0 saturated heterocycles. The molecular formula is C13H17NO2S. The molecule has 1 aromatic carbocycles. The lowest BCUT2D eigenvalue weighted by Gasteiger charge is -2.22. The maximum atomic E-state index is 12.2. The molecular weight excluding hydrogens is 234 g/mol. The van der Waals surface area contributed by atoms with Crippen molar-refractivity contribution < 1.29 is 8.42 Å². The van der Waals surface area contributed by atoms with Crippen molar-refractivity contribution in [2.24, 2.45) is 11.8 Å². The molecule has 2 aliphatic rings. The Kier molecular flexibility index (Phi) is 2.71. The minimum Gasteiger partial charge on any atom is -0.208 e. The van der Waals surface area contributed by atoms with Gasteiger partial charge in [0, 0.05) is 6.04 Å². The summed E-state index contributed by atoms with van der Waals surface area (Å²) in [5.41, 5.74) is 0. The van der Waals surface area contributed by atoms with Gasteiger partial charge in [-0.05, 0) is 43.2 Å². The highest BCUT2D eigenvalue weighted by atomic mass is 32.2. The van der Waals surface area contributed by atoms with E-state index in [-0.39, 0.29) is 6.04 Å². The monoisotopic (exact) mass is 251 g/mol. The molecule has 0 spiro atoms. The molecule has 0 amide bonds. The van der Waals surface area contributed by atoms with Crippen LogP contribution in [-0.4, -0.2) is 14.5 Å². The van der Waals surface area contributed by atoms with Crippen molar-refractivity contribution in [1.82, 2.24) is 4.72 Å². The van der Waals surface area contributed by atoms with Gasteiger partial charge in [-0.3, -0.25) is 0 Å². The van der Waals surface area contributed by atoms with Gasteiger partial charge in [-0.25, -0.2) is 13.1 Å². The number of hydrogen-bond acceptors (Lipinski definition) is 2. The first-order valence-corrected chi connectivity index (χ1v) is 7.71. The predicted octanol–water partition coefficient (Wildman–Crippen LogP) is 2.15. The molecule has 2 bridgehead atoms. The lowest BCUT2D eigenvalue weighted by molar-refractivity contribution is 0.390. The number of hydrogen-bond donors (Lipinski definition) is 1. The zero-order valence-electron chi connectivity index (χ0n) is 9.67. The molecule has 3 rings (SSSR count). The van der Waals surface area contributed by atoms with Crippen LogP contribution < -0.4 is 4.72 Å². The first-order chi connectivity index (χ1) is 8.15. The van der Waals surface area contributed by atoms with Crippen LogP contribution in [0.1, 0.15) is 25.7 Å². The van der Waals surface area contributed by atoms with Gasteiger partial charge in [-0.15, -0.1) is 0 Å². The van der Waals surface area contributed by atoms with Crippen LogP contribution in [0.3, 0.4) is 0 Å². The molecule has 3 atom stereocenters. The maximum Gasteiger partial charge on any atom is 0.240 e. The third-order valence-electron chi connectivity index (χ3n) is 4.10. The second-order valence-corrected chi connectivity index (χ2v) is 6.93. The zero-order chi connectivity index (χ0) is 11.9. The molecule has 17 heavy (non-hydrogen) atoms. The molecule has 0 aromatic heterocycles. The summed E-state index contributed by atoms with van der Waals surface area (Å²) in [6.45, 7) is 0. The molecule has 92 valence electrons. The topological polar surface area (TPSA) is 46.2 Å². The highest BCUT2D eigenvalue weighted by Crippen LogP contribution is 2.44. The van der Waals surface area contributed by atoms with E-state index < -0.39 is 10.0 Å². The molecule has 2 aliphatic carbocycles. The molecule has 0 unspecified atom stereocenters. The smallest absolute Gasteiger partial charge is 0.208 e. The van der Waals surface area contributed by atoms with Crippen LogP contribution >= 0.6 is 0 Å². The average molecular weight is 251 g/mol. The summed E-state index contributed by atoms with van der Waals surface area (Å²) in [7, 11) is -3.32. The number of fused-ring (bicyclic) bond motifs is 2. The van der Waals surface area contributed by atoms with Gasteiger partial charge >= 0.3 is 0 Å². The van der Waals surface area contributed by atoms with E-state index in [1.807, 2.05) is 6.07 Å². The van der Waals surface area contributed by atoms with Gasteiger partial charge in [0.15, 0.2) is 0 Å². The largest absolute Gasteiger partial charge is 0.240 e. The van der Waals surface area contributed by atoms with Crippen LogP contribution in [0.5, 0.6) is 0 Å². The zero-order valence-corrected chi connectivity index (χ0v) is 10.5. The van der Waals surface area contributed by atoms with Gasteiger partial charge in [0.2, 0.25) is 10.0 Å². The highest BCUT2D eigenvalue weighted by molar-refractivity contribution is 7.89. The lowest BCUT2D eigenvalue weighted by atomic mass is 9.96. The van der Waals surface area contributed by atoms with E-state index in [0.29, 0.717) is 10.8 Å². The fourth-order valence-corrected chi connectivity index (χ4v) is 4.59. The quantitative estimate of drug-likeness (QED) is 0.894. The van der Waals surface area contributed by atoms with Gasteiger partial charge in [0.05, 0.1) is 4.90 Å². The van der Waals surface area contributed by atoms with Crippen molar-refractivity contribution >= 4 is 10.0 Å². The highest BCUT2D eigenvalue weighted by Gasteiger charge is 2.41. The maximum absolute atomic E-state index is 12.2. The molecule has 1 N–H and O–H groups in total. The minimum atomic E-state index is -3.32. The van der Waals surface area contributed by atoms with Crippen molar-refractivity contribution in [1.29, 1.82) is 0 Å². The Balaban J connectivity index is 1.77. The van der Waals surface area contributed by atoms with Gasteiger partial charge in [0.25, 0.3) is 0 Å². The standard InChI is InChI=1S/C13H17NO2S/c15-17(16,12-4-2-1-3-5-12)14-13-9-10-6-7-11(13)8-10/h1-5,10-11,13-14H,6-9H2/t10-,11+,13-/m1/s1. The van der Waals surface area contributed by atoms with E-state index >= 15 is 0 Å². The fraction of sp³-hybridized carbons (Fsp3) is 0.538. The summed E-state index contributed by atoms with van der Waals surface area (Å²) in [6, 6.07) is 8.81. The molecule has 2 saturated carbocycles. The molecule has 0 aliphatic heterocycles. The Morgan fingerprint density at radius 3 is 2.41 bits per heavy atom. The Morgan fingerprint density at radius 1 is 1.06 bits per heavy atom. The summed E-state index contributed by atoms with van der Waals surface area (Å²) in [5.74, 6) is 1.32. The fourth-order valence-electron chi connectivity index (χ4n) is 3.26. The Morgan fingerprint density at radius 2 is 1.82 bits per heavy atom. The van der Waals surface area contributed by atoms with Gasteiger partial charge in [-0.1, -0.05) is 24.6 Å². The predicted molar refractivity (Wildman–Crippen MR) is 66.0 cm³/mol. The van der Waals surface area contributed by atoms with E-state index in [0.717, 1.165) is 12.3 Å². The summed E-state index contributed by atoms with van der Waals surface area (Å²) in [5, 5.41) is 0. The van der Waals surface area contributed by atoms with Crippen LogP contribution in [0.15, 0.2) is 35.2 Å². The van der Waals surface area contributed by atoms with E-state index in [9.17, 15) is 8.42 Å². The van der Waals surface area contributed by atoms with Gasteiger partial charge < -0.3 is 0 Å². The molecule has 1 aromatic rings. The number of rotatable bonds is 3. The van der Waals surface area contributed by atoms with Gasteiger partial charge in [0.1, 0.15) is 0 Å². The van der Waals surface area contributed by atoms with Crippen LogP contribution in [0.4, 0.5) is 0 Å². The molecule has 0 heterocycles. The first-order valence-electron chi connectivity index (χ1n) is 6.22. The molecule has 4 heteroatoms. The van der Waals surface area contributed by atoms with Crippen molar-refractivity contribution in [2.75, 3.05) is 0 Å². The van der Waals surface area contributed by atoms with Crippen LogP contribution in [0.25, 0.3) is 0 Å². The summed E-state index contributed by atoms with van der Waals surface area (Å²) < 4.78 is 27.2. The van der Waals surface area contributed by atoms with E-state index in [1.54, 1.807) is 24.3 Å². The normalized spacial score (nSPS) is 31.9. The minimum absolute atomic E-state index is 0.166. The number of sulfonamides is 1. The molecule has 0 radical (unpaired) electrons. The summed E-state index contributed by atoms with van der Waals surface area (Å²) in [6.07, 6.45) is 4.71. The third-order valence-corrected chi connectivity index (χ3v) is 5.60. The van der Waals surface area contributed by atoms with Crippen molar-refractivity contribution in [3.05, 3.63) is 30.3 Å². The summed E-state index contributed by atoms with van der Waals surface area (Å²) >= 11 is 0. The van der Waals surface area contributed by atoms with Crippen LogP contribution in [-0.2, 0) is 10.0 Å². The second-order valence-electron chi connectivity index (χ2n) is 5.22. The molecule has 2 fully saturated rings. The SMILES string of the molecule is O=S(=O)(N[C@@H]1C[C@@H]2CC[C@H]1C2)c1ccccc1. The van der Waals surface area contributed by atoms with E-state index in [1.165, 1.54) is 19.3 Å². The number of nitrogens with one attached hydrogen (secondary N) is 1. The summed E-state index contributed by atoms with van der Waals surface area (Å²) in [4.78, 5) is 0.378. The Bertz CT molecular complexity index is 497. The van der Waals surface area contributed by atoms with Crippen molar-refractivity contribution in [3.63, 3.8) is 0 Å². The van der Waals surface area contributed by atoms with Crippen LogP contribution in [0, 0.1) is 11.8 Å². The Labute approximate surface area is 102 Å².